The van der Waals surface area contributed by atoms with Crippen LogP contribution >= 0.6 is 0 Å². The predicted octanol–water partition coefficient (Wildman–Crippen LogP) is 3.25. The van der Waals surface area contributed by atoms with Crippen LogP contribution in [0, 0.1) is 6.92 Å². The zero-order valence-electron chi connectivity index (χ0n) is 20.9. The van der Waals surface area contributed by atoms with Crippen LogP contribution in [0.1, 0.15) is 62.0 Å². The van der Waals surface area contributed by atoms with Crippen molar-refractivity contribution in [2.24, 2.45) is 0 Å². The van der Waals surface area contributed by atoms with Crippen LogP contribution in [0.4, 0.5) is 0 Å². The van der Waals surface area contributed by atoms with Crippen LogP contribution in [0.3, 0.4) is 0 Å². The normalized spacial score (nSPS) is 15.5. The summed E-state index contributed by atoms with van der Waals surface area (Å²) in [6.07, 6.45) is 0.149. The molecule has 0 radical (unpaired) electrons. The van der Waals surface area contributed by atoms with Crippen molar-refractivity contribution in [3.05, 3.63) is 65.2 Å². The summed E-state index contributed by atoms with van der Waals surface area (Å²) in [5.74, 6) is -1.32. The fourth-order valence-electron chi connectivity index (χ4n) is 4.14. The van der Waals surface area contributed by atoms with Gasteiger partial charge in [-0.25, -0.2) is 12.7 Å². The van der Waals surface area contributed by atoms with Crippen molar-refractivity contribution in [2.75, 3.05) is 6.54 Å². The second-order valence-electron chi connectivity index (χ2n) is 9.74. The molecule has 0 fully saturated rings. The highest BCUT2D eigenvalue weighted by molar-refractivity contribution is 7.90. The number of aryl methyl sites for hydroxylation is 1. The summed E-state index contributed by atoms with van der Waals surface area (Å²) in [5, 5.41) is 2.94. The zero-order valence-corrected chi connectivity index (χ0v) is 21.7. The lowest BCUT2D eigenvalue weighted by molar-refractivity contribution is -0.142. The van der Waals surface area contributed by atoms with Gasteiger partial charge in [-0.1, -0.05) is 43.3 Å². The smallest absolute Gasteiger partial charge is 0.269 e. The van der Waals surface area contributed by atoms with Gasteiger partial charge in [0.25, 0.3) is 15.9 Å². The third-order valence-corrected chi connectivity index (χ3v) is 7.77. The number of hydrogen-bond acceptors (Lipinski definition) is 5. The lowest BCUT2D eigenvalue weighted by Gasteiger charge is -2.33. The number of hydrogen-bond donors (Lipinski definition) is 1. The quantitative estimate of drug-likeness (QED) is 0.601. The van der Waals surface area contributed by atoms with Crippen LogP contribution < -0.4 is 5.32 Å². The van der Waals surface area contributed by atoms with Gasteiger partial charge >= 0.3 is 0 Å². The number of nitrogens with one attached hydrogen (secondary N) is 1. The first-order valence-electron chi connectivity index (χ1n) is 11.7. The Hall–Kier alpha value is -3.20. The molecule has 2 aromatic rings. The molecule has 3 amide bonds. The number of rotatable bonds is 8. The summed E-state index contributed by atoms with van der Waals surface area (Å²) in [5.41, 5.74) is 1.49. The first-order chi connectivity index (χ1) is 16.4. The monoisotopic (exact) mass is 499 g/mol. The Bertz CT molecular complexity index is 1230. The summed E-state index contributed by atoms with van der Waals surface area (Å²) < 4.78 is 26.5. The minimum atomic E-state index is -4.01. The maximum absolute atomic E-state index is 13.5. The van der Waals surface area contributed by atoms with Crippen molar-refractivity contribution in [3.63, 3.8) is 0 Å². The van der Waals surface area contributed by atoms with E-state index in [1.807, 2.05) is 58.9 Å². The van der Waals surface area contributed by atoms with Gasteiger partial charge in [0.2, 0.25) is 11.8 Å². The van der Waals surface area contributed by atoms with Gasteiger partial charge in [0, 0.05) is 25.0 Å². The molecule has 1 unspecified atom stereocenters. The van der Waals surface area contributed by atoms with Crippen LogP contribution in [-0.2, 0) is 26.2 Å². The molecule has 35 heavy (non-hydrogen) atoms. The molecule has 1 aliphatic heterocycles. The number of fused-ring (bicyclic) bond motifs is 1. The molecule has 0 bridgehead atoms. The Morgan fingerprint density at radius 1 is 1.06 bits per heavy atom. The molecule has 1 heterocycles. The molecule has 9 heteroatoms. The Morgan fingerprint density at radius 2 is 1.69 bits per heavy atom. The summed E-state index contributed by atoms with van der Waals surface area (Å²) in [6, 6.07) is 12.9. The van der Waals surface area contributed by atoms with Crippen molar-refractivity contribution in [1.29, 1.82) is 0 Å². The molecule has 0 aromatic heterocycles. The molecule has 188 valence electrons. The van der Waals surface area contributed by atoms with E-state index in [2.05, 4.69) is 5.32 Å². The molecule has 0 spiro atoms. The van der Waals surface area contributed by atoms with E-state index < -0.39 is 33.4 Å². The highest BCUT2D eigenvalue weighted by Crippen LogP contribution is 2.30. The molecular formula is C26H33N3O5S. The topological polar surface area (TPSA) is 104 Å². The summed E-state index contributed by atoms with van der Waals surface area (Å²) in [6.45, 7) is 9.27. The molecule has 8 nitrogen and oxygen atoms in total. The Kier molecular flexibility index (Phi) is 7.69. The fourth-order valence-corrected chi connectivity index (χ4v) is 5.71. The average Bonchev–Trinajstić information content (AvgIpc) is 2.97. The van der Waals surface area contributed by atoms with E-state index in [1.165, 1.54) is 17.0 Å². The van der Waals surface area contributed by atoms with Crippen molar-refractivity contribution >= 4 is 27.7 Å². The number of benzene rings is 2. The van der Waals surface area contributed by atoms with Gasteiger partial charge in [-0.05, 0) is 57.4 Å². The molecular weight excluding hydrogens is 466 g/mol. The van der Waals surface area contributed by atoms with E-state index in [9.17, 15) is 22.8 Å². The fraction of sp³-hybridized carbons (Fsp3) is 0.423. The van der Waals surface area contributed by atoms with E-state index in [0.717, 1.165) is 15.4 Å². The number of nitrogens with zero attached hydrogens (tertiary/aromatic N) is 2. The first kappa shape index (κ1) is 26.4. The maximum atomic E-state index is 13.5. The average molecular weight is 500 g/mol. The van der Waals surface area contributed by atoms with Gasteiger partial charge in [-0.2, -0.15) is 0 Å². The highest BCUT2D eigenvalue weighted by atomic mass is 32.2. The minimum absolute atomic E-state index is 0.0507. The van der Waals surface area contributed by atoms with E-state index in [1.54, 1.807) is 12.1 Å². The van der Waals surface area contributed by atoms with Gasteiger partial charge in [0.15, 0.2) is 0 Å². The Morgan fingerprint density at radius 3 is 2.29 bits per heavy atom. The van der Waals surface area contributed by atoms with Crippen molar-refractivity contribution in [1.82, 2.24) is 14.5 Å². The number of carbonyl (C=O) groups is 3. The largest absolute Gasteiger partial charge is 0.350 e. The Balaban J connectivity index is 1.86. The standard InChI is InChI=1S/C26H33N3O5S/c1-6-21(24(31)27-26(3,4)5)28(17-19-12-8-7-11-18(19)2)23(30)15-16-29-25(32)20-13-9-10-14-22(20)35(29,33)34/h7-14,21H,6,15-17H2,1-5H3,(H,27,31). The predicted molar refractivity (Wildman–Crippen MR) is 133 cm³/mol. The molecule has 0 aliphatic carbocycles. The zero-order chi connectivity index (χ0) is 26.0. The maximum Gasteiger partial charge on any atom is 0.269 e. The third kappa shape index (κ3) is 5.73. The molecule has 2 aromatic carbocycles. The molecule has 3 rings (SSSR count). The number of carbonyl (C=O) groups excluding carboxylic acids is 3. The van der Waals surface area contributed by atoms with Gasteiger partial charge in [0.05, 0.1) is 5.56 Å². The second-order valence-corrected chi connectivity index (χ2v) is 11.6. The number of amides is 3. The third-order valence-electron chi connectivity index (χ3n) is 5.93. The number of sulfonamides is 1. The molecule has 1 atom stereocenters. The van der Waals surface area contributed by atoms with Gasteiger partial charge in [-0.3, -0.25) is 14.4 Å². The highest BCUT2D eigenvalue weighted by Gasteiger charge is 2.41. The molecule has 0 saturated heterocycles. The summed E-state index contributed by atoms with van der Waals surface area (Å²) in [7, 11) is -4.01. The molecule has 1 aliphatic rings. The van der Waals surface area contributed by atoms with Gasteiger partial charge in [-0.15, -0.1) is 0 Å². The van der Waals surface area contributed by atoms with Crippen LogP contribution in [-0.4, -0.2) is 53.5 Å². The van der Waals surface area contributed by atoms with Gasteiger partial charge < -0.3 is 10.2 Å². The second kappa shape index (κ2) is 10.2. The summed E-state index contributed by atoms with van der Waals surface area (Å²) >= 11 is 0. The lowest BCUT2D eigenvalue weighted by atomic mass is 10.0. The lowest BCUT2D eigenvalue weighted by Crippen LogP contribution is -2.53. The SMILES string of the molecule is CCC(C(=O)NC(C)(C)C)N(Cc1ccccc1C)C(=O)CCN1C(=O)c2ccccc2S1(=O)=O. The van der Waals surface area contributed by atoms with E-state index in [-0.39, 0.29) is 35.9 Å². The van der Waals surface area contributed by atoms with Gasteiger partial charge in [0.1, 0.15) is 10.9 Å². The van der Waals surface area contributed by atoms with Crippen molar-refractivity contribution in [2.45, 2.75) is 70.5 Å². The van der Waals surface area contributed by atoms with Crippen molar-refractivity contribution < 1.29 is 22.8 Å². The van der Waals surface area contributed by atoms with E-state index >= 15 is 0 Å². The minimum Gasteiger partial charge on any atom is -0.350 e. The molecule has 0 saturated carbocycles. The van der Waals surface area contributed by atoms with Crippen LogP contribution in [0.15, 0.2) is 53.4 Å². The van der Waals surface area contributed by atoms with Crippen LogP contribution in [0.5, 0.6) is 0 Å². The van der Waals surface area contributed by atoms with Crippen LogP contribution in [0.25, 0.3) is 0 Å². The van der Waals surface area contributed by atoms with Crippen molar-refractivity contribution in [3.8, 4) is 0 Å². The van der Waals surface area contributed by atoms with E-state index in [4.69, 9.17) is 0 Å². The first-order valence-corrected chi connectivity index (χ1v) is 13.1. The molecule has 1 N–H and O–H groups in total. The summed E-state index contributed by atoms with van der Waals surface area (Å²) in [4.78, 5) is 40.8. The van der Waals surface area contributed by atoms with E-state index in [0.29, 0.717) is 6.42 Å². The van der Waals surface area contributed by atoms with Crippen LogP contribution in [0.2, 0.25) is 0 Å². The Labute approximate surface area is 207 Å².